The second-order valence-corrected chi connectivity index (χ2v) is 2.79. The van der Waals surface area contributed by atoms with Gasteiger partial charge in [-0.25, -0.2) is 4.99 Å². The van der Waals surface area contributed by atoms with Crippen molar-refractivity contribution in [1.82, 2.24) is 10.0 Å². The quantitative estimate of drug-likeness (QED) is 0.500. The largest absolute Gasteiger partial charge is 0.378 e. The first-order chi connectivity index (χ1) is 4.97. The van der Waals surface area contributed by atoms with Crippen molar-refractivity contribution in [3.63, 3.8) is 0 Å². The zero-order chi connectivity index (χ0) is 6.81. The summed E-state index contributed by atoms with van der Waals surface area (Å²) in [5.41, 5.74) is 1.12. The molecule has 0 radical (unpaired) electrons. The van der Waals surface area contributed by atoms with Gasteiger partial charge in [0.25, 0.3) is 0 Å². The molecule has 0 aliphatic carbocycles. The monoisotopic (exact) mass is 153 g/mol. The van der Waals surface area contributed by atoms with Gasteiger partial charge in [-0.3, -0.25) is 0 Å². The molecule has 0 aromatic heterocycles. The van der Waals surface area contributed by atoms with Crippen LogP contribution in [0.4, 0.5) is 0 Å². The number of hydrogen-bond acceptors (Lipinski definition) is 4. The molecular formula is C6H7N3S. The molecule has 0 spiro atoms. The summed E-state index contributed by atoms with van der Waals surface area (Å²) in [6.45, 7) is 0.837. The fourth-order valence-electron chi connectivity index (χ4n) is 0.848. The summed E-state index contributed by atoms with van der Waals surface area (Å²) in [7, 11) is 0. The van der Waals surface area contributed by atoms with E-state index in [0.29, 0.717) is 0 Å². The first kappa shape index (κ1) is 5.85. The second kappa shape index (κ2) is 2.38. The zero-order valence-corrected chi connectivity index (χ0v) is 6.11. The standard InChI is InChI=1S/C6H7N3S/c1-2-9-10-6-5(1)7-3-4-8-6/h1-2,4,7,9H,3H2. The molecule has 0 bridgehead atoms. The van der Waals surface area contributed by atoms with Gasteiger partial charge in [-0.05, 0) is 6.08 Å². The molecule has 0 saturated heterocycles. The van der Waals surface area contributed by atoms with Gasteiger partial charge in [0.1, 0.15) is 5.03 Å². The van der Waals surface area contributed by atoms with Crippen molar-refractivity contribution in [1.29, 1.82) is 0 Å². The first-order valence-electron chi connectivity index (χ1n) is 3.06. The van der Waals surface area contributed by atoms with Crippen LogP contribution in [0, 0.1) is 0 Å². The van der Waals surface area contributed by atoms with Crippen LogP contribution in [0.3, 0.4) is 0 Å². The third kappa shape index (κ3) is 0.903. The molecule has 2 aliphatic heterocycles. The Labute approximate surface area is 63.4 Å². The number of allylic oxidation sites excluding steroid dienone is 1. The summed E-state index contributed by atoms with van der Waals surface area (Å²) in [5.74, 6) is 0. The molecule has 2 rings (SSSR count). The predicted molar refractivity (Wildman–Crippen MR) is 43.4 cm³/mol. The molecule has 0 aromatic carbocycles. The van der Waals surface area contributed by atoms with Crippen molar-refractivity contribution in [3.05, 3.63) is 23.0 Å². The highest BCUT2D eigenvalue weighted by Gasteiger charge is 2.09. The van der Waals surface area contributed by atoms with Gasteiger partial charge in [0.05, 0.1) is 12.2 Å². The Morgan fingerprint density at radius 2 is 2.60 bits per heavy atom. The summed E-state index contributed by atoms with van der Waals surface area (Å²) in [5, 5.41) is 4.23. The topological polar surface area (TPSA) is 36.4 Å². The van der Waals surface area contributed by atoms with Gasteiger partial charge in [-0.2, -0.15) is 0 Å². The van der Waals surface area contributed by atoms with E-state index in [0.717, 1.165) is 17.3 Å². The summed E-state index contributed by atoms with van der Waals surface area (Å²) in [6, 6.07) is 0. The molecule has 4 heteroatoms. The lowest BCUT2D eigenvalue weighted by atomic mass is 10.4. The average Bonchev–Trinajstić information content (AvgIpc) is 2.05. The Balaban J connectivity index is 2.32. The molecule has 0 unspecified atom stereocenters. The smallest absolute Gasteiger partial charge is 0.139 e. The van der Waals surface area contributed by atoms with Gasteiger partial charge in [-0.1, -0.05) is 0 Å². The van der Waals surface area contributed by atoms with E-state index < -0.39 is 0 Å². The van der Waals surface area contributed by atoms with Crippen LogP contribution >= 0.6 is 11.9 Å². The maximum atomic E-state index is 4.19. The molecule has 2 heterocycles. The predicted octanol–water partition coefficient (Wildman–Crippen LogP) is 0.595. The molecular weight excluding hydrogens is 146 g/mol. The lowest BCUT2D eigenvalue weighted by molar-refractivity contribution is 0.934. The Morgan fingerprint density at radius 3 is 3.50 bits per heavy atom. The third-order valence-electron chi connectivity index (χ3n) is 1.30. The van der Waals surface area contributed by atoms with Crippen LogP contribution < -0.4 is 10.0 Å². The maximum absolute atomic E-state index is 4.19. The third-order valence-corrected chi connectivity index (χ3v) is 2.07. The van der Waals surface area contributed by atoms with Crippen molar-refractivity contribution >= 4 is 18.2 Å². The van der Waals surface area contributed by atoms with E-state index in [1.165, 1.54) is 11.9 Å². The van der Waals surface area contributed by atoms with Crippen LogP contribution in [0.2, 0.25) is 0 Å². The minimum absolute atomic E-state index is 0.837. The number of hydrogen-bond donors (Lipinski definition) is 2. The van der Waals surface area contributed by atoms with E-state index in [-0.39, 0.29) is 0 Å². The molecule has 0 saturated carbocycles. The van der Waals surface area contributed by atoms with Crippen LogP contribution in [0.15, 0.2) is 28.0 Å². The number of aliphatic imine (C=N–C) groups is 1. The molecule has 2 N–H and O–H groups in total. The van der Waals surface area contributed by atoms with E-state index in [4.69, 9.17) is 0 Å². The van der Waals surface area contributed by atoms with Crippen molar-refractivity contribution < 1.29 is 0 Å². The Kier molecular flexibility index (Phi) is 1.39. The molecule has 10 heavy (non-hydrogen) atoms. The fourth-order valence-corrected chi connectivity index (χ4v) is 1.47. The van der Waals surface area contributed by atoms with Crippen molar-refractivity contribution in [2.75, 3.05) is 6.54 Å². The fraction of sp³-hybridized carbons (Fsp3) is 0.167. The summed E-state index contributed by atoms with van der Waals surface area (Å²) >= 11 is 1.53. The highest BCUT2D eigenvalue weighted by atomic mass is 32.2. The minimum Gasteiger partial charge on any atom is -0.378 e. The van der Waals surface area contributed by atoms with Gasteiger partial charge in [0.2, 0.25) is 0 Å². The summed E-state index contributed by atoms with van der Waals surface area (Å²) < 4.78 is 3.01. The van der Waals surface area contributed by atoms with Crippen LogP contribution in [-0.4, -0.2) is 12.8 Å². The van der Waals surface area contributed by atoms with Crippen LogP contribution in [0.25, 0.3) is 0 Å². The minimum atomic E-state index is 0.837. The summed E-state index contributed by atoms with van der Waals surface area (Å²) in [6.07, 6.45) is 5.76. The van der Waals surface area contributed by atoms with E-state index in [9.17, 15) is 0 Å². The van der Waals surface area contributed by atoms with Crippen molar-refractivity contribution in [2.24, 2.45) is 4.99 Å². The van der Waals surface area contributed by atoms with Gasteiger partial charge in [0.15, 0.2) is 0 Å². The molecule has 0 aromatic rings. The van der Waals surface area contributed by atoms with Gasteiger partial charge in [0, 0.05) is 24.4 Å². The molecule has 0 amide bonds. The zero-order valence-electron chi connectivity index (χ0n) is 5.29. The number of nitrogens with zero attached hydrogens (tertiary/aromatic N) is 1. The number of rotatable bonds is 0. The highest BCUT2D eigenvalue weighted by Crippen LogP contribution is 2.22. The van der Waals surface area contributed by atoms with E-state index in [1.54, 1.807) is 0 Å². The van der Waals surface area contributed by atoms with E-state index >= 15 is 0 Å². The molecule has 0 fully saturated rings. The molecule has 2 aliphatic rings. The highest BCUT2D eigenvalue weighted by molar-refractivity contribution is 8.01. The van der Waals surface area contributed by atoms with Gasteiger partial charge in [-0.15, -0.1) is 0 Å². The number of nitrogens with one attached hydrogen (secondary N) is 2. The molecule has 3 nitrogen and oxygen atoms in total. The summed E-state index contributed by atoms with van der Waals surface area (Å²) in [4.78, 5) is 4.19. The maximum Gasteiger partial charge on any atom is 0.139 e. The average molecular weight is 153 g/mol. The molecule has 0 atom stereocenters. The Morgan fingerprint density at radius 1 is 1.60 bits per heavy atom. The Bertz CT molecular complexity index is 205. The van der Waals surface area contributed by atoms with E-state index in [1.807, 2.05) is 18.5 Å². The van der Waals surface area contributed by atoms with Gasteiger partial charge < -0.3 is 10.0 Å². The molecule has 52 valence electrons. The van der Waals surface area contributed by atoms with Gasteiger partial charge >= 0.3 is 0 Å². The lowest BCUT2D eigenvalue weighted by Gasteiger charge is -2.16. The Hall–Kier alpha value is -0.900. The SMILES string of the molecule is C1=CC2=C(N=CCN2)SN1. The second-order valence-electron chi connectivity index (χ2n) is 1.96. The first-order valence-corrected chi connectivity index (χ1v) is 3.88. The lowest BCUT2D eigenvalue weighted by Crippen LogP contribution is -2.21. The van der Waals surface area contributed by atoms with Crippen LogP contribution in [0.1, 0.15) is 0 Å². The van der Waals surface area contributed by atoms with Crippen molar-refractivity contribution in [2.45, 2.75) is 0 Å². The van der Waals surface area contributed by atoms with E-state index in [2.05, 4.69) is 15.0 Å². The normalized spacial score (nSPS) is 21.6. The van der Waals surface area contributed by atoms with Crippen LogP contribution in [-0.2, 0) is 0 Å². The van der Waals surface area contributed by atoms with Crippen molar-refractivity contribution in [3.8, 4) is 0 Å². The van der Waals surface area contributed by atoms with Crippen LogP contribution in [0.5, 0.6) is 0 Å².